The highest BCUT2D eigenvalue weighted by molar-refractivity contribution is 8.17. The zero-order valence-electron chi connectivity index (χ0n) is 17.3. The molecule has 0 aromatic carbocycles. The number of rotatable bonds is 16. The summed E-state index contributed by atoms with van der Waals surface area (Å²) >= 11 is 3.98. The van der Waals surface area contributed by atoms with Crippen molar-refractivity contribution in [3.63, 3.8) is 0 Å². The van der Waals surface area contributed by atoms with Gasteiger partial charge >= 0.3 is 12.0 Å². The predicted octanol–water partition coefficient (Wildman–Crippen LogP) is 5.39. The number of aliphatic carboxylic acids is 1. The summed E-state index contributed by atoms with van der Waals surface area (Å²) in [5, 5.41) is 15.4. The zero-order valence-corrected chi connectivity index (χ0v) is 18.9. The molecule has 0 aliphatic carbocycles. The highest BCUT2D eigenvalue weighted by atomic mass is 32.2. The van der Waals surface area contributed by atoms with Crippen LogP contribution in [0.5, 0.6) is 0 Å². The molecule has 0 spiro atoms. The van der Waals surface area contributed by atoms with Gasteiger partial charge in [0.05, 0.1) is 16.7 Å². The molecule has 4 atom stereocenters. The molecule has 0 aromatic rings. The molecular formula is C21H38N2O3S2. The number of thioether (sulfide) groups is 2. The zero-order chi connectivity index (χ0) is 20.2. The van der Waals surface area contributed by atoms with Crippen LogP contribution in [-0.4, -0.2) is 44.8 Å². The fourth-order valence-corrected chi connectivity index (χ4v) is 7.59. The monoisotopic (exact) mass is 430 g/mol. The first-order valence-electron chi connectivity index (χ1n) is 11.2. The lowest BCUT2D eigenvalue weighted by atomic mass is 10.0. The van der Waals surface area contributed by atoms with Gasteiger partial charge in [0.25, 0.3) is 0 Å². The van der Waals surface area contributed by atoms with Crippen molar-refractivity contribution in [2.45, 2.75) is 112 Å². The Bertz CT molecular complexity index is 479. The summed E-state index contributed by atoms with van der Waals surface area (Å²) in [7, 11) is 0. The smallest absolute Gasteiger partial charge is 0.315 e. The van der Waals surface area contributed by atoms with Crippen molar-refractivity contribution >= 4 is 35.5 Å². The number of urea groups is 1. The van der Waals surface area contributed by atoms with E-state index >= 15 is 0 Å². The molecule has 2 heterocycles. The van der Waals surface area contributed by atoms with Crippen molar-refractivity contribution in [3.8, 4) is 0 Å². The third-order valence-corrected chi connectivity index (χ3v) is 8.97. The fourth-order valence-electron chi connectivity index (χ4n) is 4.05. The standard InChI is InChI=1S/C21H38N2O3S2/c1-2-3-4-5-6-7-8-9-12-15-27-20-19-18(22-21(26)23-19)16(28-20)13-10-11-14-17(24)25/h16,18-20H,2-15H2,1H3,(H,24,25)(H2,22,23,26)/t16-,18+,19+,20+/m0/s1. The average Bonchev–Trinajstić information content (AvgIpc) is 3.18. The minimum absolute atomic E-state index is 0.0421. The number of nitrogens with one attached hydrogen (secondary N) is 2. The van der Waals surface area contributed by atoms with E-state index in [2.05, 4.69) is 17.6 Å². The van der Waals surface area contributed by atoms with Gasteiger partial charge in [-0.25, -0.2) is 4.79 Å². The summed E-state index contributed by atoms with van der Waals surface area (Å²) in [5.41, 5.74) is 0. The topological polar surface area (TPSA) is 78.4 Å². The number of carbonyl (C=O) groups is 2. The van der Waals surface area contributed by atoms with Crippen molar-refractivity contribution in [2.24, 2.45) is 0 Å². The molecule has 0 bridgehead atoms. The Labute approximate surface area is 178 Å². The molecule has 3 N–H and O–H groups in total. The lowest BCUT2D eigenvalue weighted by Gasteiger charge is -2.16. The van der Waals surface area contributed by atoms with Gasteiger partial charge in [0.15, 0.2) is 0 Å². The summed E-state index contributed by atoms with van der Waals surface area (Å²) in [6.07, 6.45) is 15.0. The van der Waals surface area contributed by atoms with E-state index in [0.29, 0.717) is 9.83 Å². The molecule has 0 unspecified atom stereocenters. The number of carbonyl (C=O) groups excluding carboxylic acids is 1. The van der Waals surface area contributed by atoms with Crippen molar-refractivity contribution in [1.82, 2.24) is 10.6 Å². The van der Waals surface area contributed by atoms with Crippen LogP contribution in [0.3, 0.4) is 0 Å². The van der Waals surface area contributed by atoms with Gasteiger partial charge in [-0.2, -0.15) is 0 Å². The molecule has 2 aliphatic rings. The lowest BCUT2D eigenvalue weighted by molar-refractivity contribution is -0.137. The van der Waals surface area contributed by atoms with Crippen LogP contribution in [0.1, 0.15) is 90.4 Å². The van der Waals surface area contributed by atoms with E-state index < -0.39 is 5.97 Å². The van der Waals surface area contributed by atoms with Crippen LogP contribution in [0.2, 0.25) is 0 Å². The minimum Gasteiger partial charge on any atom is -0.481 e. The van der Waals surface area contributed by atoms with E-state index in [1.165, 1.54) is 63.5 Å². The van der Waals surface area contributed by atoms with Crippen molar-refractivity contribution in [1.29, 1.82) is 0 Å². The molecule has 0 radical (unpaired) electrons. The van der Waals surface area contributed by atoms with E-state index in [1.807, 2.05) is 23.5 Å². The van der Waals surface area contributed by atoms with Gasteiger partial charge in [-0.3, -0.25) is 4.79 Å². The number of hydrogen-bond acceptors (Lipinski definition) is 4. The SMILES string of the molecule is CCCCCCCCCCCS[C@@H]1S[C@@H](CCCCC(=O)O)[C@H]2NC(=O)N[C@@H]12. The Hall–Kier alpha value is -0.560. The molecular weight excluding hydrogens is 392 g/mol. The summed E-state index contributed by atoms with van der Waals surface area (Å²) in [6.45, 7) is 2.26. The van der Waals surface area contributed by atoms with Crippen LogP contribution in [0, 0.1) is 0 Å². The second-order valence-corrected chi connectivity index (χ2v) is 11.0. The number of hydrogen-bond donors (Lipinski definition) is 3. The highest BCUT2D eigenvalue weighted by Gasteiger charge is 2.48. The van der Waals surface area contributed by atoms with E-state index in [1.54, 1.807) is 0 Å². The summed E-state index contributed by atoms with van der Waals surface area (Å²) in [4.78, 5) is 22.5. The van der Waals surface area contributed by atoms with Crippen LogP contribution >= 0.6 is 23.5 Å². The van der Waals surface area contributed by atoms with Crippen LogP contribution < -0.4 is 10.6 Å². The molecule has 2 rings (SSSR count). The summed E-state index contributed by atoms with van der Waals surface area (Å²) in [5.74, 6) is 0.445. The van der Waals surface area contributed by atoms with Gasteiger partial charge < -0.3 is 15.7 Å². The third-order valence-electron chi connectivity index (χ3n) is 5.64. The molecule has 2 aliphatic heterocycles. The Balaban J connectivity index is 1.58. The second kappa shape index (κ2) is 13.6. The number of fused-ring (bicyclic) bond motifs is 1. The van der Waals surface area contributed by atoms with E-state index in [0.717, 1.165) is 19.3 Å². The fraction of sp³-hybridized carbons (Fsp3) is 0.905. The van der Waals surface area contributed by atoms with Gasteiger partial charge in [-0.05, 0) is 25.0 Å². The van der Waals surface area contributed by atoms with Crippen LogP contribution in [-0.2, 0) is 4.79 Å². The Morgan fingerprint density at radius 2 is 1.61 bits per heavy atom. The normalized spacial score (nSPS) is 26.1. The van der Waals surface area contributed by atoms with Crippen molar-refractivity contribution < 1.29 is 14.7 Å². The van der Waals surface area contributed by atoms with Gasteiger partial charge in [0.1, 0.15) is 0 Å². The maximum absolute atomic E-state index is 11.8. The van der Waals surface area contributed by atoms with Crippen LogP contribution in [0.25, 0.3) is 0 Å². The van der Waals surface area contributed by atoms with Gasteiger partial charge in [0, 0.05) is 11.7 Å². The van der Waals surface area contributed by atoms with E-state index in [9.17, 15) is 9.59 Å². The van der Waals surface area contributed by atoms with E-state index in [4.69, 9.17) is 5.11 Å². The maximum Gasteiger partial charge on any atom is 0.315 e. The molecule has 0 aromatic heterocycles. The number of carboxylic acids is 1. The van der Waals surface area contributed by atoms with Crippen molar-refractivity contribution in [2.75, 3.05) is 5.75 Å². The van der Waals surface area contributed by atoms with Gasteiger partial charge in [-0.15, -0.1) is 23.5 Å². The maximum atomic E-state index is 11.8. The molecule has 2 saturated heterocycles. The highest BCUT2D eigenvalue weighted by Crippen LogP contribution is 2.44. The third kappa shape index (κ3) is 8.44. The largest absolute Gasteiger partial charge is 0.481 e. The van der Waals surface area contributed by atoms with E-state index in [-0.39, 0.29) is 24.5 Å². The Kier molecular flexibility index (Phi) is 11.5. The Morgan fingerprint density at radius 3 is 2.29 bits per heavy atom. The number of unbranched alkanes of at least 4 members (excludes halogenated alkanes) is 9. The summed E-state index contributed by atoms with van der Waals surface area (Å²) in [6, 6.07) is 0.369. The number of amides is 2. The molecule has 2 amide bonds. The van der Waals surface area contributed by atoms with Gasteiger partial charge in [-0.1, -0.05) is 64.7 Å². The van der Waals surface area contributed by atoms with Crippen molar-refractivity contribution in [3.05, 3.63) is 0 Å². The number of carboxylic acid groups (broad SMARTS) is 1. The first-order chi connectivity index (χ1) is 13.6. The molecule has 7 heteroatoms. The first kappa shape index (κ1) is 23.7. The molecule has 162 valence electrons. The quantitative estimate of drug-likeness (QED) is 0.226. The first-order valence-corrected chi connectivity index (χ1v) is 13.2. The summed E-state index contributed by atoms with van der Waals surface area (Å²) < 4.78 is 0.419. The Morgan fingerprint density at radius 1 is 0.964 bits per heavy atom. The average molecular weight is 431 g/mol. The minimum atomic E-state index is -0.720. The molecule has 5 nitrogen and oxygen atoms in total. The van der Waals surface area contributed by atoms with Crippen LogP contribution in [0.15, 0.2) is 0 Å². The second-order valence-electron chi connectivity index (χ2n) is 8.05. The molecule has 28 heavy (non-hydrogen) atoms. The molecule has 0 saturated carbocycles. The molecule has 2 fully saturated rings. The van der Waals surface area contributed by atoms with Gasteiger partial charge in [0.2, 0.25) is 0 Å². The predicted molar refractivity (Wildman–Crippen MR) is 120 cm³/mol. The van der Waals surface area contributed by atoms with Crippen LogP contribution in [0.4, 0.5) is 4.79 Å². The lowest BCUT2D eigenvalue weighted by Crippen LogP contribution is -2.38.